The van der Waals surface area contributed by atoms with Crippen molar-refractivity contribution in [2.24, 2.45) is 0 Å². The van der Waals surface area contributed by atoms with Crippen molar-refractivity contribution in [1.29, 1.82) is 0 Å². The molecule has 0 bridgehead atoms. The molecule has 12 aromatic carbocycles. The Hall–Kier alpha value is -11.4. The predicted octanol–water partition coefficient (Wildman–Crippen LogP) is 20.5. The van der Waals surface area contributed by atoms with E-state index in [1.54, 1.807) is 42.7 Å². The van der Waals surface area contributed by atoms with Crippen molar-refractivity contribution < 1.29 is 28.4 Å². The number of benzene rings is 12. The summed E-state index contributed by atoms with van der Waals surface area (Å²) in [7, 11) is 10.1. The molecule has 0 saturated carbocycles. The monoisotopic (exact) mass is 1170 g/mol. The van der Waals surface area contributed by atoms with Crippen LogP contribution in [0, 0.1) is 0 Å². The van der Waals surface area contributed by atoms with Crippen molar-refractivity contribution in [3.63, 3.8) is 0 Å². The molecule has 0 heterocycles. The van der Waals surface area contributed by atoms with Crippen LogP contribution < -0.4 is 48.0 Å². The molecule has 0 unspecified atom stereocenters. The van der Waals surface area contributed by atoms with E-state index in [2.05, 4.69) is 226 Å². The zero-order valence-electron chi connectivity index (χ0n) is 50.5. The van der Waals surface area contributed by atoms with Crippen LogP contribution >= 0.6 is 0 Å². The molecule has 0 atom stereocenters. The fraction of sp³-hybridized carbons (Fsp3) is 0.0886. The van der Waals surface area contributed by atoms with Gasteiger partial charge in [0, 0.05) is 68.2 Å². The highest BCUT2D eigenvalue weighted by Crippen LogP contribution is 2.47. The third kappa shape index (κ3) is 11.7. The smallest absolute Gasteiger partial charge is 0.119 e. The van der Waals surface area contributed by atoms with Crippen LogP contribution in [0.4, 0.5) is 68.2 Å². The summed E-state index contributed by atoms with van der Waals surface area (Å²) in [5.74, 6) is 4.82. The van der Waals surface area contributed by atoms with Gasteiger partial charge >= 0.3 is 0 Å². The first-order valence-electron chi connectivity index (χ1n) is 29.5. The van der Waals surface area contributed by atoms with Gasteiger partial charge in [-0.05, 0) is 269 Å². The van der Waals surface area contributed by atoms with Gasteiger partial charge in [0.2, 0.25) is 0 Å². The van der Waals surface area contributed by atoms with Crippen molar-refractivity contribution in [3.8, 4) is 67.9 Å². The Balaban J connectivity index is 0.772. The van der Waals surface area contributed by atoms with Gasteiger partial charge in [-0.15, -0.1) is 0 Å². The second-order valence-electron chi connectivity index (χ2n) is 21.6. The van der Waals surface area contributed by atoms with E-state index in [4.69, 9.17) is 28.4 Å². The molecule has 0 aromatic heterocycles. The lowest BCUT2D eigenvalue weighted by Gasteiger charge is -2.27. The molecule has 89 heavy (non-hydrogen) atoms. The fourth-order valence-corrected chi connectivity index (χ4v) is 11.9. The molecule has 0 amide bonds. The molecule has 13 rings (SSSR count). The standard InChI is InChI=1S/C79H66N4O6/c1-84-72-37-23-64(24-38-72)80(65-25-39-73(85-2)40-26-65)60-15-7-54(8-16-60)56-11-19-62(20-12-56)82(68-31-45-76(88-5)46-32-68)70-35-49-78-58(52-70)51-59-53-71(36-50-79(59)78)83(69-33-47-77(89-6)48-34-69)63-21-13-57(14-22-63)55-9-17-61(18-10-55)81(66-27-41-74(86-3)42-28-66)67-29-43-75(87-4)44-30-67/h7-50,52-53H,51H2,1-6H3. The van der Waals surface area contributed by atoms with Gasteiger partial charge < -0.3 is 48.0 Å². The topological polar surface area (TPSA) is 68.3 Å². The van der Waals surface area contributed by atoms with E-state index in [1.165, 1.54) is 22.3 Å². The van der Waals surface area contributed by atoms with Crippen LogP contribution in [0.25, 0.3) is 33.4 Å². The minimum Gasteiger partial charge on any atom is -0.497 e. The summed E-state index contributed by atoms with van der Waals surface area (Å²) >= 11 is 0. The zero-order chi connectivity index (χ0) is 60.8. The summed E-state index contributed by atoms with van der Waals surface area (Å²) in [6, 6.07) is 97.9. The fourth-order valence-electron chi connectivity index (χ4n) is 11.9. The third-order valence-electron chi connectivity index (χ3n) is 16.5. The Labute approximate surface area is 520 Å². The van der Waals surface area contributed by atoms with E-state index >= 15 is 0 Å². The van der Waals surface area contributed by atoms with Gasteiger partial charge in [0.1, 0.15) is 34.5 Å². The number of hydrogen-bond acceptors (Lipinski definition) is 10. The quantitative estimate of drug-likeness (QED) is 0.0737. The molecular formula is C79H66N4O6. The Bertz CT molecular complexity index is 3970. The van der Waals surface area contributed by atoms with Crippen molar-refractivity contribution in [1.82, 2.24) is 0 Å². The summed E-state index contributed by atoms with van der Waals surface area (Å²) in [4.78, 5) is 9.11. The Morgan fingerprint density at radius 1 is 0.191 bits per heavy atom. The van der Waals surface area contributed by atoms with E-state index in [9.17, 15) is 0 Å². The van der Waals surface area contributed by atoms with E-state index in [-0.39, 0.29) is 0 Å². The van der Waals surface area contributed by atoms with Gasteiger partial charge in [0.15, 0.2) is 0 Å². The molecule has 10 heteroatoms. The van der Waals surface area contributed by atoms with Gasteiger partial charge in [-0.25, -0.2) is 0 Å². The van der Waals surface area contributed by atoms with Crippen molar-refractivity contribution >= 4 is 68.2 Å². The molecule has 0 saturated heterocycles. The van der Waals surface area contributed by atoms with E-state index in [0.717, 1.165) is 131 Å². The van der Waals surface area contributed by atoms with Crippen molar-refractivity contribution in [3.05, 3.63) is 290 Å². The molecule has 1 aliphatic carbocycles. The summed E-state index contributed by atoms with van der Waals surface area (Å²) in [6.45, 7) is 0. The number of methoxy groups -OCH3 is 6. The van der Waals surface area contributed by atoms with Gasteiger partial charge in [0.05, 0.1) is 42.7 Å². The SMILES string of the molecule is COc1ccc(N(c2ccc(OC)cc2)c2ccc(-c3ccc(N(c4ccc(OC)cc4)c4ccc5c(c4)Cc4cc(N(c6ccc(OC)cc6)c6ccc(-c7ccc(N(c8ccc(OC)cc8)c8ccc(OC)cc8)cc7)cc6)ccc4-5)cc3)cc2)cc1. The largest absolute Gasteiger partial charge is 0.497 e. The molecule has 1 aliphatic rings. The number of fused-ring (bicyclic) bond motifs is 3. The first-order valence-corrected chi connectivity index (χ1v) is 29.5. The number of ether oxygens (including phenoxy) is 6. The molecule has 10 nitrogen and oxygen atoms in total. The van der Waals surface area contributed by atoms with Crippen molar-refractivity contribution in [2.45, 2.75) is 6.42 Å². The highest BCUT2D eigenvalue weighted by atomic mass is 16.5. The molecule has 0 aliphatic heterocycles. The maximum atomic E-state index is 5.63. The van der Waals surface area contributed by atoms with Gasteiger partial charge in [-0.3, -0.25) is 0 Å². The second kappa shape index (κ2) is 25.3. The van der Waals surface area contributed by atoms with Crippen molar-refractivity contribution in [2.75, 3.05) is 62.3 Å². The van der Waals surface area contributed by atoms with Crippen LogP contribution in [0.15, 0.2) is 279 Å². The Morgan fingerprint density at radius 2 is 0.348 bits per heavy atom. The zero-order valence-corrected chi connectivity index (χ0v) is 50.5. The molecule has 0 radical (unpaired) electrons. The summed E-state index contributed by atoms with van der Waals surface area (Å²) < 4.78 is 33.2. The minimum atomic E-state index is 0.784. The maximum Gasteiger partial charge on any atom is 0.119 e. The predicted molar refractivity (Wildman–Crippen MR) is 364 cm³/mol. The van der Waals surface area contributed by atoms with Crippen LogP contribution in [0.3, 0.4) is 0 Å². The molecule has 0 N–H and O–H groups in total. The summed E-state index contributed by atoms with van der Waals surface area (Å²) in [5.41, 5.74) is 21.8. The van der Waals surface area contributed by atoms with Gasteiger partial charge in [-0.2, -0.15) is 0 Å². The average molecular weight is 1170 g/mol. The third-order valence-corrected chi connectivity index (χ3v) is 16.5. The lowest BCUT2D eigenvalue weighted by atomic mass is 10.0. The minimum absolute atomic E-state index is 0.784. The highest BCUT2D eigenvalue weighted by molar-refractivity contribution is 5.88. The van der Waals surface area contributed by atoms with Gasteiger partial charge in [0.25, 0.3) is 0 Å². The lowest BCUT2D eigenvalue weighted by Crippen LogP contribution is -2.10. The molecular weight excluding hydrogens is 1100 g/mol. The van der Waals surface area contributed by atoms with Crippen LogP contribution in [-0.2, 0) is 6.42 Å². The first-order chi connectivity index (χ1) is 43.8. The molecule has 438 valence electrons. The lowest BCUT2D eigenvalue weighted by molar-refractivity contribution is 0.414. The van der Waals surface area contributed by atoms with Crippen LogP contribution in [0.2, 0.25) is 0 Å². The number of rotatable bonds is 20. The molecule has 0 spiro atoms. The molecule has 12 aromatic rings. The van der Waals surface area contributed by atoms with E-state index < -0.39 is 0 Å². The normalized spacial score (nSPS) is 11.2. The van der Waals surface area contributed by atoms with Crippen LogP contribution in [0.5, 0.6) is 34.5 Å². The van der Waals surface area contributed by atoms with Gasteiger partial charge in [-0.1, -0.05) is 60.7 Å². The van der Waals surface area contributed by atoms with Crippen LogP contribution in [-0.4, -0.2) is 42.7 Å². The number of nitrogens with zero attached hydrogens (tertiary/aromatic N) is 4. The first kappa shape index (κ1) is 56.8. The molecule has 0 fully saturated rings. The highest BCUT2D eigenvalue weighted by Gasteiger charge is 2.25. The summed E-state index contributed by atoms with van der Waals surface area (Å²) in [6.07, 6.45) is 0.784. The Kier molecular flexibility index (Phi) is 16.1. The number of anilines is 12. The second-order valence-corrected chi connectivity index (χ2v) is 21.6. The Morgan fingerprint density at radius 3 is 0.528 bits per heavy atom. The van der Waals surface area contributed by atoms with E-state index in [1.807, 2.05) is 72.8 Å². The summed E-state index contributed by atoms with van der Waals surface area (Å²) in [5, 5.41) is 0. The number of hydrogen-bond donors (Lipinski definition) is 0. The van der Waals surface area contributed by atoms with E-state index in [0.29, 0.717) is 0 Å². The maximum absolute atomic E-state index is 5.63. The average Bonchev–Trinajstić information content (AvgIpc) is 1.98. The van der Waals surface area contributed by atoms with Crippen LogP contribution in [0.1, 0.15) is 11.1 Å².